The fourth-order valence-corrected chi connectivity index (χ4v) is 4.59. The first-order valence-electron chi connectivity index (χ1n) is 9.40. The molecule has 0 bridgehead atoms. The van der Waals surface area contributed by atoms with Crippen LogP contribution in [0.5, 0.6) is 0 Å². The van der Waals surface area contributed by atoms with Gasteiger partial charge in [0, 0.05) is 44.3 Å². The highest BCUT2D eigenvalue weighted by molar-refractivity contribution is 5.06. The Labute approximate surface area is 144 Å². The molecule has 3 fully saturated rings. The number of furan rings is 1. The van der Waals surface area contributed by atoms with Crippen molar-refractivity contribution in [2.45, 2.75) is 38.8 Å². The highest BCUT2D eigenvalue weighted by atomic mass is 16.5. The Kier molecular flexibility index (Phi) is 4.95. The van der Waals surface area contributed by atoms with Crippen molar-refractivity contribution in [3.05, 3.63) is 23.7 Å². The first-order valence-corrected chi connectivity index (χ1v) is 9.40. The van der Waals surface area contributed by atoms with E-state index in [0.29, 0.717) is 6.04 Å². The molecule has 134 valence electrons. The van der Waals surface area contributed by atoms with Gasteiger partial charge in [0.1, 0.15) is 11.5 Å². The Bertz CT molecular complexity index is 540. The van der Waals surface area contributed by atoms with Crippen molar-refractivity contribution in [2.24, 2.45) is 5.41 Å². The molecule has 24 heavy (non-hydrogen) atoms. The Morgan fingerprint density at radius 1 is 1.08 bits per heavy atom. The van der Waals surface area contributed by atoms with Crippen molar-refractivity contribution in [1.82, 2.24) is 9.80 Å². The molecule has 5 heteroatoms. The van der Waals surface area contributed by atoms with Gasteiger partial charge in [-0.3, -0.25) is 9.80 Å². The summed E-state index contributed by atoms with van der Waals surface area (Å²) in [7, 11) is 0. The minimum atomic E-state index is 0.288. The molecule has 0 aromatic carbocycles. The van der Waals surface area contributed by atoms with Gasteiger partial charge < -0.3 is 13.9 Å². The van der Waals surface area contributed by atoms with Crippen LogP contribution in [0.1, 0.15) is 30.8 Å². The first-order chi connectivity index (χ1) is 11.7. The quantitative estimate of drug-likeness (QED) is 0.848. The highest BCUT2D eigenvalue weighted by Crippen LogP contribution is 2.36. The summed E-state index contributed by atoms with van der Waals surface area (Å²) < 4.78 is 17.3. The lowest BCUT2D eigenvalue weighted by molar-refractivity contribution is 0.0283. The van der Waals surface area contributed by atoms with Gasteiger partial charge in [0.2, 0.25) is 0 Å². The van der Waals surface area contributed by atoms with Crippen LogP contribution >= 0.6 is 0 Å². The summed E-state index contributed by atoms with van der Waals surface area (Å²) in [5.41, 5.74) is 0.288. The Morgan fingerprint density at radius 2 is 1.96 bits per heavy atom. The van der Waals surface area contributed by atoms with Gasteiger partial charge in [-0.15, -0.1) is 0 Å². The Balaban J connectivity index is 1.40. The molecule has 1 aromatic heterocycles. The van der Waals surface area contributed by atoms with Gasteiger partial charge in [-0.1, -0.05) is 0 Å². The van der Waals surface area contributed by atoms with E-state index in [2.05, 4.69) is 21.9 Å². The second kappa shape index (κ2) is 7.16. The maximum absolute atomic E-state index is 6.02. The molecule has 3 saturated heterocycles. The molecule has 0 radical (unpaired) electrons. The standard InChI is InChI=1S/C19H30N2O3/c1-16-2-3-18(24-16)12-20-8-11-23-15-19(13-20)6-7-21(14-19)17-4-9-22-10-5-17/h2-3,17H,4-15H2,1H3/t19-/m1/s1. The van der Waals surface area contributed by atoms with Gasteiger partial charge in [-0.05, 0) is 44.9 Å². The van der Waals surface area contributed by atoms with Crippen molar-refractivity contribution in [1.29, 1.82) is 0 Å². The number of rotatable bonds is 3. The van der Waals surface area contributed by atoms with Crippen LogP contribution in [0, 0.1) is 12.3 Å². The zero-order valence-corrected chi connectivity index (χ0v) is 14.8. The third-order valence-corrected chi connectivity index (χ3v) is 5.87. The van der Waals surface area contributed by atoms with Crippen LogP contribution in [-0.4, -0.2) is 68.4 Å². The third-order valence-electron chi connectivity index (χ3n) is 5.87. The van der Waals surface area contributed by atoms with Crippen molar-refractivity contribution in [3.63, 3.8) is 0 Å². The lowest BCUT2D eigenvalue weighted by Gasteiger charge is -2.35. The van der Waals surface area contributed by atoms with E-state index in [0.717, 1.165) is 57.6 Å². The third kappa shape index (κ3) is 3.69. The summed E-state index contributed by atoms with van der Waals surface area (Å²) in [5, 5.41) is 0. The molecule has 0 amide bonds. The summed E-state index contributed by atoms with van der Waals surface area (Å²) >= 11 is 0. The van der Waals surface area contributed by atoms with E-state index in [1.807, 2.05) is 6.92 Å². The van der Waals surface area contributed by atoms with E-state index in [1.165, 1.54) is 32.4 Å². The van der Waals surface area contributed by atoms with Crippen molar-refractivity contribution in [2.75, 3.05) is 52.6 Å². The van der Waals surface area contributed by atoms with Crippen LogP contribution in [0.2, 0.25) is 0 Å². The smallest absolute Gasteiger partial charge is 0.118 e. The van der Waals surface area contributed by atoms with E-state index >= 15 is 0 Å². The summed E-state index contributed by atoms with van der Waals surface area (Å²) in [5.74, 6) is 2.07. The van der Waals surface area contributed by atoms with Crippen LogP contribution in [0.4, 0.5) is 0 Å². The van der Waals surface area contributed by atoms with E-state index in [9.17, 15) is 0 Å². The van der Waals surface area contributed by atoms with Gasteiger partial charge in [0.05, 0.1) is 19.8 Å². The number of nitrogens with zero attached hydrogens (tertiary/aromatic N) is 2. The molecule has 0 unspecified atom stereocenters. The minimum Gasteiger partial charge on any atom is -0.465 e. The van der Waals surface area contributed by atoms with Crippen molar-refractivity contribution < 1.29 is 13.9 Å². The molecular formula is C19H30N2O3. The molecule has 4 rings (SSSR count). The zero-order valence-electron chi connectivity index (χ0n) is 14.8. The summed E-state index contributed by atoms with van der Waals surface area (Å²) in [6, 6.07) is 4.88. The minimum absolute atomic E-state index is 0.288. The lowest BCUT2D eigenvalue weighted by Crippen LogP contribution is -2.43. The largest absolute Gasteiger partial charge is 0.465 e. The van der Waals surface area contributed by atoms with Crippen LogP contribution in [0.15, 0.2) is 16.5 Å². The molecule has 0 saturated carbocycles. The topological polar surface area (TPSA) is 38.1 Å². The Hall–Kier alpha value is -0.880. The molecule has 1 aromatic rings. The van der Waals surface area contributed by atoms with Crippen molar-refractivity contribution >= 4 is 0 Å². The second-order valence-electron chi connectivity index (χ2n) is 7.84. The van der Waals surface area contributed by atoms with E-state index < -0.39 is 0 Å². The van der Waals surface area contributed by atoms with E-state index in [-0.39, 0.29) is 5.41 Å². The number of aryl methyl sites for hydroxylation is 1. The number of hydrogen-bond acceptors (Lipinski definition) is 5. The lowest BCUT2D eigenvalue weighted by atomic mass is 9.87. The van der Waals surface area contributed by atoms with Crippen LogP contribution in [-0.2, 0) is 16.0 Å². The molecule has 1 spiro atoms. The maximum Gasteiger partial charge on any atom is 0.118 e. The average Bonchev–Trinajstić information content (AvgIpc) is 3.13. The monoisotopic (exact) mass is 334 g/mol. The molecular weight excluding hydrogens is 304 g/mol. The fraction of sp³-hybridized carbons (Fsp3) is 0.789. The van der Waals surface area contributed by atoms with Gasteiger partial charge in [-0.25, -0.2) is 0 Å². The van der Waals surface area contributed by atoms with Crippen LogP contribution in [0.3, 0.4) is 0 Å². The summed E-state index contributed by atoms with van der Waals surface area (Å²) in [4.78, 5) is 5.23. The molecule has 4 heterocycles. The first kappa shape index (κ1) is 16.6. The second-order valence-corrected chi connectivity index (χ2v) is 7.84. The molecule has 1 atom stereocenters. The predicted octanol–water partition coefficient (Wildman–Crippen LogP) is 2.29. The molecule has 3 aliphatic rings. The van der Waals surface area contributed by atoms with E-state index in [1.54, 1.807) is 0 Å². The SMILES string of the molecule is Cc1ccc(CN2CCOC[C@]3(CCN(C4CCOCC4)C3)C2)o1. The van der Waals surface area contributed by atoms with Crippen LogP contribution in [0.25, 0.3) is 0 Å². The van der Waals surface area contributed by atoms with Gasteiger partial charge >= 0.3 is 0 Å². The normalized spacial score (nSPS) is 30.9. The number of hydrogen-bond donors (Lipinski definition) is 0. The van der Waals surface area contributed by atoms with Gasteiger partial charge in [-0.2, -0.15) is 0 Å². The molecule has 3 aliphatic heterocycles. The predicted molar refractivity (Wildman–Crippen MR) is 92.0 cm³/mol. The highest BCUT2D eigenvalue weighted by Gasteiger charge is 2.43. The molecule has 5 nitrogen and oxygen atoms in total. The zero-order chi connectivity index (χ0) is 16.4. The van der Waals surface area contributed by atoms with Gasteiger partial charge in [0.15, 0.2) is 0 Å². The molecule has 0 N–H and O–H groups in total. The summed E-state index contributed by atoms with van der Waals surface area (Å²) in [6.07, 6.45) is 3.62. The Morgan fingerprint density at radius 3 is 2.75 bits per heavy atom. The number of ether oxygens (including phenoxy) is 2. The maximum atomic E-state index is 6.02. The molecule has 0 aliphatic carbocycles. The average molecular weight is 334 g/mol. The fourth-order valence-electron chi connectivity index (χ4n) is 4.59. The van der Waals surface area contributed by atoms with Crippen LogP contribution < -0.4 is 0 Å². The summed E-state index contributed by atoms with van der Waals surface area (Å²) in [6.45, 7) is 11.0. The van der Waals surface area contributed by atoms with E-state index in [4.69, 9.17) is 13.9 Å². The number of likely N-dealkylation sites (tertiary alicyclic amines) is 1. The van der Waals surface area contributed by atoms with Crippen molar-refractivity contribution in [3.8, 4) is 0 Å². The van der Waals surface area contributed by atoms with Gasteiger partial charge in [0.25, 0.3) is 0 Å².